The summed E-state index contributed by atoms with van der Waals surface area (Å²) in [5, 5.41) is 44.9. The van der Waals surface area contributed by atoms with Gasteiger partial charge in [-0.05, 0) is 18.6 Å². The van der Waals surface area contributed by atoms with Gasteiger partial charge in [0.25, 0.3) is 0 Å². The number of anilines is 1. The summed E-state index contributed by atoms with van der Waals surface area (Å²) in [5.74, 6) is 0.249. The molecule has 0 amide bonds. The Balaban J connectivity index is 1.18. The van der Waals surface area contributed by atoms with Crippen LogP contribution in [-0.4, -0.2) is 90.5 Å². The predicted molar refractivity (Wildman–Crippen MR) is 205 cm³/mol. The van der Waals surface area contributed by atoms with E-state index < -0.39 is 51.1 Å². The van der Waals surface area contributed by atoms with Crippen molar-refractivity contribution in [2.45, 2.75) is 140 Å². The first-order valence-corrected chi connectivity index (χ1v) is 21.3. The molecule has 0 bridgehead atoms. The Morgan fingerprint density at radius 1 is 0.911 bits per heavy atom. The van der Waals surface area contributed by atoms with Crippen LogP contribution in [0, 0.1) is 22.7 Å². The number of ether oxygens (including phenoxy) is 3. The quantitative estimate of drug-likeness (QED) is 0.0509. The molecular formula is C38H57N8O9P. The SMILES string of the molecule is CCCCCCCCCCCCCCCCCCOC[C@H](COP(=O)(O)OC[C@H]1O[C@@](C#N)(c2ccc3c(N)ncnn23)[C@H](O)[C@@H]1O)Oc1cnc(C#N)nc1. The zero-order valence-electron chi connectivity index (χ0n) is 32.3. The second-order valence-electron chi connectivity index (χ2n) is 14.1. The van der Waals surface area contributed by atoms with Crippen LogP contribution in [0.15, 0.2) is 30.9 Å². The number of aliphatic hydroxyl groups is 2. The van der Waals surface area contributed by atoms with Crippen molar-refractivity contribution in [3.8, 4) is 17.9 Å². The van der Waals surface area contributed by atoms with Crippen molar-refractivity contribution in [3.63, 3.8) is 0 Å². The van der Waals surface area contributed by atoms with Gasteiger partial charge in [-0.1, -0.05) is 103 Å². The van der Waals surface area contributed by atoms with Crippen LogP contribution >= 0.6 is 7.82 Å². The van der Waals surface area contributed by atoms with Gasteiger partial charge in [0.15, 0.2) is 11.6 Å². The predicted octanol–water partition coefficient (Wildman–Crippen LogP) is 5.67. The number of rotatable bonds is 28. The molecule has 18 heteroatoms. The standard InChI is InChI=1S/C38H57N8O9P/c1-2-3-4-5-6-7-8-9-10-11-12-13-14-15-16-17-20-51-24-30(54-29-22-42-34(21-39)43-23-29)25-52-56(49,50)53-26-32-35(47)36(48)38(27-40,55-32)33-19-18-31-37(41)44-28-45-46(31)33/h18-19,22-23,28,30,32,35-36,47-48H,2-17,20,24-26H2,1H3,(H,49,50)(H2,41,44,45)/t30-,32-,35-,36-,38+/m1/s1. The molecular weight excluding hydrogens is 743 g/mol. The van der Waals surface area contributed by atoms with Gasteiger partial charge in [0.05, 0.1) is 37.9 Å². The largest absolute Gasteiger partial charge is 0.482 e. The van der Waals surface area contributed by atoms with E-state index in [9.17, 15) is 24.9 Å². The third kappa shape index (κ3) is 13.4. The van der Waals surface area contributed by atoms with E-state index in [4.69, 9.17) is 34.3 Å². The second-order valence-corrected chi connectivity index (χ2v) is 15.6. The maximum Gasteiger partial charge on any atom is 0.472 e. The van der Waals surface area contributed by atoms with Gasteiger partial charge in [0.1, 0.15) is 48.4 Å². The van der Waals surface area contributed by atoms with E-state index in [1.165, 1.54) is 113 Å². The minimum absolute atomic E-state index is 0.000582. The van der Waals surface area contributed by atoms with Crippen LogP contribution in [-0.2, 0) is 28.7 Å². The molecule has 3 aromatic heterocycles. The van der Waals surface area contributed by atoms with Crippen LogP contribution in [0.5, 0.6) is 5.75 Å². The van der Waals surface area contributed by atoms with Gasteiger partial charge in [0.2, 0.25) is 11.4 Å². The maximum atomic E-state index is 13.0. The van der Waals surface area contributed by atoms with Gasteiger partial charge in [-0.25, -0.2) is 24.0 Å². The molecule has 56 heavy (non-hydrogen) atoms. The van der Waals surface area contributed by atoms with Crippen molar-refractivity contribution in [1.82, 2.24) is 24.6 Å². The van der Waals surface area contributed by atoms with Crippen molar-refractivity contribution >= 4 is 19.2 Å². The topological polar surface area (TPSA) is 253 Å². The molecule has 1 aliphatic heterocycles. The number of hydrogen-bond donors (Lipinski definition) is 4. The lowest BCUT2D eigenvalue weighted by Crippen LogP contribution is -2.41. The van der Waals surface area contributed by atoms with Gasteiger partial charge >= 0.3 is 7.82 Å². The Morgan fingerprint density at radius 2 is 1.52 bits per heavy atom. The first kappa shape index (κ1) is 44.9. The number of fused-ring (bicyclic) bond motifs is 1. The van der Waals surface area contributed by atoms with Crippen molar-refractivity contribution in [3.05, 3.63) is 42.4 Å². The number of phosphoric ester groups is 1. The number of hydrogen-bond acceptors (Lipinski definition) is 15. The van der Waals surface area contributed by atoms with Gasteiger partial charge in [-0.15, -0.1) is 0 Å². The molecule has 6 atom stereocenters. The van der Waals surface area contributed by atoms with Crippen LogP contribution in [0.3, 0.4) is 0 Å². The van der Waals surface area contributed by atoms with E-state index in [0.717, 1.165) is 25.6 Å². The smallest absolute Gasteiger partial charge is 0.472 e. The van der Waals surface area contributed by atoms with E-state index in [2.05, 4.69) is 27.0 Å². The molecule has 4 rings (SSSR count). The third-order valence-corrected chi connectivity index (χ3v) is 10.7. The number of nitrogens with two attached hydrogens (primary N) is 1. The molecule has 0 saturated carbocycles. The zero-order chi connectivity index (χ0) is 40.2. The highest BCUT2D eigenvalue weighted by Gasteiger charge is 2.58. The van der Waals surface area contributed by atoms with E-state index in [1.807, 2.05) is 12.1 Å². The fourth-order valence-electron chi connectivity index (χ4n) is 6.64. The number of unbranched alkanes of at least 4 members (excludes halogenated alkanes) is 15. The van der Waals surface area contributed by atoms with Crippen LogP contribution in [0.25, 0.3) is 5.52 Å². The summed E-state index contributed by atoms with van der Waals surface area (Å²) >= 11 is 0. The van der Waals surface area contributed by atoms with E-state index in [0.29, 0.717) is 12.1 Å². The monoisotopic (exact) mass is 800 g/mol. The second kappa shape index (κ2) is 23.5. The molecule has 0 aliphatic carbocycles. The molecule has 1 fully saturated rings. The summed E-state index contributed by atoms with van der Waals surface area (Å²) in [6, 6.07) is 6.69. The van der Waals surface area contributed by atoms with Crippen molar-refractivity contribution in [2.75, 3.05) is 32.2 Å². The number of nitrogen functional groups attached to an aromatic ring is 1. The summed E-state index contributed by atoms with van der Waals surface area (Å²) in [4.78, 5) is 22.2. The van der Waals surface area contributed by atoms with Gasteiger partial charge in [-0.3, -0.25) is 9.05 Å². The lowest BCUT2D eigenvalue weighted by atomic mass is 9.92. The third-order valence-electron chi connectivity index (χ3n) is 9.79. The Bertz CT molecular complexity index is 1740. The molecule has 4 heterocycles. The Labute approximate surface area is 328 Å². The molecule has 0 spiro atoms. The maximum absolute atomic E-state index is 13.0. The van der Waals surface area contributed by atoms with Crippen LogP contribution in [0.2, 0.25) is 0 Å². The van der Waals surface area contributed by atoms with Crippen LogP contribution < -0.4 is 10.5 Å². The molecule has 1 unspecified atom stereocenters. The lowest BCUT2D eigenvalue weighted by molar-refractivity contribution is -0.0651. The average Bonchev–Trinajstić information content (AvgIpc) is 3.75. The van der Waals surface area contributed by atoms with Gasteiger partial charge in [-0.2, -0.15) is 15.6 Å². The normalized spacial score (nSPS) is 21.1. The van der Waals surface area contributed by atoms with Gasteiger partial charge < -0.3 is 35.1 Å². The Hall–Kier alpha value is -3.77. The molecule has 0 aromatic carbocycles. The van der Waals surface area contributed by atoms with Crippen molar-refractivity contribution in [1.29, 1.82) is 10.5 Å². The highest BCUT2D eigenvalue weighted by Crippen LogP contribution is 2.46. The number of phosphoric acid groups is 1. The molecule has 5 N–H and O–H groups in total. The highest BCUT2D eigenvalue weighted by atomic mass is 31.2. The number of nitrogens with zero attached hydrogens (tertiary/aromatic N) is 7. The summed E-state index contributed by atoms with van der Waals surface area (Å²) in [6.45, 7) is 1.52. The van der Waals surface area contributed by atoms with E-state index >= 15 is 0 Å². The molecule has 17 nitrogen and oxygen atoms in total. The fraction of sp³-hybridized carbons (Fsp3) is 0.684. The molecule has 1 saturated heterocycles. The minimum atomic E-state index is -4.80. The zero-order valence-corrected chi connectivity index (χ0v) is 33.2. The molecule has 3 aromatic rings. The highest BCUT2D eigenvalue weighted by molar-refractivity contribution is 7.47. The Kier molecular flexibility index (Phi) is 18.8. The number of nitriles is 2. The molecule has 308 valence electrons. The summed E-state index contributed by atoms with van der Waals surface area (Å²) in [6.07, 6.45) is 18.1. The molecule has 1 aliphatic rings. The van der Waals surface area contributed by atoms with Crippen LogP contribution in [0.1, 0.15) is 121 Å². The Morgan fingerprint density at radius 3 is 2.11 bits per heavy atom. The number of aromatic nitrogens is 5. The minimum Gasteiger partial charge on any atom is -0.482 e. The van der Waals surface area contributed by atoms with E-state index in [-0.39, 0.29) is 29.7 Å². The van der Waals surface area contributed by atoms with Crippen molar-refractivity contribution < 1.29 is 42.9 Å². The fourth-order valence-corrected chi connectivity index (χ4v) is 7.41. The van der Waals surface area contributed by atoms with E-state index in [1.54, 1.807) is 0 Å². The molecule has 0 radical (unpaired) electrons. The number of aliphatic hydroxyl groups excluding tert-OH is 2. The first-order chi connectivity index (χ1) is 27.1. The van der Waals surface area contributed by atoms with Crippen LogP contribution in [0.4, 0.5) is 5.82 Å². The first-order valence-electron chi connectivity index (χ1n) is 19.8. The summed E-state index contributed by atoms with van der Waals surface area (Å²) < 4.78 is 42.1. The van der Waals surface area contributed by atoms with Crippen molar-refractivity contribution in [2.24, 2.45) is 0 Å². The summed E-state index contributed by atoms with van der Waals surface area (Å²) in [7, 11) is -4.80. The van der Waals surface area contributed by atoms with Gasteiger partial charge in [0, 0.05) is 6.61 Å². The summed E-state index contributed by atoms with van der Waals surface area (Å²) in [5.41, 5.74) is 4.18. The lowest BCUT2D eigenvalue weighted by Gasteiger charge is -2.24. The average molecular weight is 801 g/mol.